The summed E-state index contributed by atoms with van der Waals surface area (Å²) in [7, 11) is -12.8. The van der Waals surface area contributed by atoms with Gasteiger partial charge in [0.2, 0.25) is 0 Å². The number of phosphoric acid groups is 1. The van der Waals surface area contributed by atoms with Crippen LogP contribution in [0.5, 0.6) is 0 Å². The number of nitrogens with one attached hydrogen (secondary N) is 3. The first kappa shape index (κ1) is 72.7. The number of anilines is 2. The Morgan fingerprint density at radius 2 is 1.69 bits per heavy atom. The number of nitrogens with two attached hydrogens (primary N) is 2. The Bertz CT molecular complexity index is 3650. The number of amides is 2. The largest absolute Gasteiger partial charge is 0.479 e. The molecule has 1 aliphatic carbocycles. The van der Waals surface area contributed by atoms with Gasteiger partial charge >= 0.3 is 40.8 Å². The summed E-state index contributed by atoms with van der Waals surface area (Å²) < 4.78 is 90.1. The number of alkyl carbamates (subject to hydrolysis) is 1. The normalized spacial score (nSPS) is 16.3. The summed E-state index contributed by atoms with van der Waals surface area (Å²) in [5.41, 5.74) is 24.9. The van der Waals surface area contributed by atoms with E-state index >= 15 is 0 Å². The quantitative estimate of drug-likeness (QED) is 0.00162. The Labute approximate surface area is 524 Å². The SMILES string of the molecule is Cc1ccc(C(=O)NCCOCCOCCCC(=O)OCCC(C)(C)SSCOCCCCOC(=O)NCC#Cc2cn([C@H]3CC(OCN=[N+]=[N-])[C@@H](COP(=O)(O)OP(=O)(O)CP(=O)(O)O)O3)c(=O)nc2N)cc1-c1c2ccc(=N)cc-2oc2cc(N)ccc12. The van der Waals surface area contributed by atoms with E-state index in [1.807, 2.05) is 45.0 Å². The summed E-state index contributed by atoms with van der Waals surface area (Å²) >= 11 is 0. The Kier molecular flexibility index (Phi) is 28.2. The van der Waals surface area contributed by atoms with Crippen LogP contribution in [0, 0.1) is 24.2 Å². The number of benzene rings is 3. The van der Waals surface area contributed by atoms with E-state index in [1.54, 1.807) is 41.1 Å². The molecule has 0 bridgehead atoms. The molecule has 36 heteroatoms. The maximum atomic E-state index is 13.2. The fraction of sp³-hybridized carbons (Fsp3) is 0.481. The second-order valence-electron chi connectivity index (χ2n) is 20.5. The molecule has 2 aliphatic heterocycles. The van der Waals surface area contributed by atoms with Crippen molar-refractivity contribution in [3.8, 4) is 34.3 Å². The summed E-state index contributed by atoms with van der Waals surface area (Å²) in [6, 6.07) is 16.2. The van der Waals surface area contributed by atoms with Crippen molar-refractivity contribution in [1.29, 1.82) is 5.41 Å². The van der Waals surface area contributed by atoms with Gasteiger partial charge in [-0.3, -0.25) is 27.8 Å². The smallest absolute Gasteiger partial charge is 0.466 e. The van der Waals surface area contributed by atoms with E-state index in [0.29, 0.717) is 86.0 Å². The zero-order chi connectivity index (χ0) is 65.5. The van der Waals surface area contributed by atoms with Crippen LogP contribution in [-0.2, 0) is 60.5 Å². The molecule has 1 saturated heterocycles. The first-order valence-electron chi connectivity index (χ1n) is 27.7. The number of aryl methyl sites for hydroxylation is 1. The molecule has 2 aromatic carbocycles. The Balaban J connectivity index is 0.766. The summed E-state index contributed by atoms with van der Waals surface area (Å²) in [6.45, 7) is 6.77. The van der Waals surface area contributed by atoms with E-state index in [4.69, 9.17) is 74.3 Å². The molecule has 2 amide bonds. The van der Waals surface area contributed by atoms with Crippen molar-refractivity contribution in [3.05, 3.63) is 104 Å². The molecule has 3 aromatic rings. The van der Waals surface area contributed by atoms with E-state index in [-0.39, 0.29) is 73.8 Å². The standard InChI is InChI=1S/C54H71N10O21P3S2/c1-35-10-11-36(26-42(35)49-40-14-12-38(55)27-43(40)83-44-28-39(56)13-15-41(44)49)51(66)59-18-23-77-25-24-76-20-7-9-48(65)79-22-16-54(2,3)90-89-33-78-19-4-5-21-80-53(68)60-17-6-8-37-30-64(52(67)62-50(37)57)47-29-45(81-32-61-63-58)46(84-47)31-82-88(74,75)85-87(72,73)34-86(69,70)71/h10-15,26-28,30,45-47,55H,4-5,7,9,16-25,29,31-34,56H2,1-3H3,(H,59,66)(H,60,68)(H,72,73)(H,74,75)(H2,57,62,67)(H2,69,70,71)/t45?,46-,47-/m1/s1. The number of hydrogen-bond donors (Lipinski definition) is 9. The molecule has 0 spiro atoms. The molecule has 6 rings (SSSR count). The highest BCUT2D eigenvalue weighted by atomic mass is 33.1. The summed E-state index contributed by atoms with van der Waals surface area (Å²) in [5.74, 6) is 3.69. The average Bonchev–Trinajstić information content (AvgIpc) is 1.58. The van der Waals surface area contributed by atoms with Crippen molar-refractivity contribution in [3.63, 3.8) is 0 Å². The second kappa shape index (κ2) is 34.9. The molecule has 0 saturated carbocycles. The Morgan fingerprint density at radius 1 is 0.933 bits per heavy atom. The zero-order valence-electron chi connectivity index (χ0n) is 49.2. The van der Waals surface area contributed by atoms with Gasteiger partial charge in [-0.15, -0.1) is 0 Å². The monoisotopic (exact) mass is 1350 g/mol. The van der Waals surface area contributed by atoms with Crippen molar-refractivity contribution < 1.29 is 94.1 Å². The highest BCUT2D eigenvalue weighted by Gasteiger charge is 2.43. The second-order valence-corrected chi connectivity index (χ2v) is 29.0. The highest BCUT2D eigenvalue weighted by Crippen LogP contribution is 2.65. The lowest BCUT2D eigenvalue weighted by atomic mass is 9.90. The van der Waals surface area contributed by atoms with E-state index in [2.05, 4.69) is 41.8 Å². The summed E-state index contributed by atoms with van der Waals surface area (Å²) in [4.78, 5) is 94.6. The molecule has 1 fully saturated rings. The van der Waals surface area contributed by atoms with Crippen LogP contribution in [0.4, 0.5) is 16.3 Å². The zero-order valence-corrected chi connectivity index (χ0v) is 53.5. The first-order valence-corrected chi connectivity index (χ1v) is 35.1. The molecule has 90 heavy (non-hydrogen) atoms. The molecule has 3 heterocycles. The van der Waals surface area contributed by atoms with Crippen LogP contribution in [0.3, 0.4) is 0 Å². The lowest BCUT2D eigenvalue weighted by Gasteiger charge is -2.22. The number of azide groups is 1. The van der Waals surface area contributed by atoms with Gasteiger partial charge in [0.25, 0.3) is 5.91 Å². The molecule has 3 unspecified atom stereocenters. The maximum absolute atomic E-state index is 13.2. The van der Waals surface area contributed by atoms with Crippen LogP contribution in [0.25, 0.3) is 43.9 Å². The average molecular weight is 1350 g/mol. The molecule has 3 aliphatic rings. The van der Waals surface area contributed by atoms with Crippen molar-refractivity contribution in [2.45, 2.75) is 82.5 Å². The van der Waals surface area contributed by atoms with Crippen LogP contribution >= 0.6 is 44.6 Å². The number of ether oxygens (including phenoxy) is 7. The number of nitrogen functional groups attached to an aromatic ring is 2. The van der Waals surface area contributed by atoms with Gasteiger partial charge in [-0.05, 0) is 99.5 Å². The Morgan fingerprint density at radius 3 is 2.46 bits per heavy atom. The molecule has 11 N–H and O–H groups in total. The van der Waals surface area contributed by atoms with E-state index in [1.165, 1.54) is 17.0 Å². The van der Waals surface area contributed by atoms with Crippen molar-refractivity contribution in [1.82, 2.24) is 20.2 Å². The third-order valence-corrected chi connectivity index (χ3v) is 21.1. The third kappa shape index (κ3) is 24.4. The predicted molar refractivity (Wildman–Crippen MR) is 332 cm³/mol. The number of rotatable bonds is 36. The lowest BCUT2D eigenvalue weighted by molar-refractivity contribution is -0.144. The minimum atomic E-state index is -5.45. The molecular formula is C54H71N10O21P3S2. The predicted octanol–water partition coefficient (Wildman–Crippen LogP) is 7.28. The fourth-order valence-electron chi connectivity index (χ4n) is 8.53. The van der Waals surface area contributed by atoms with Gasteiger partial charge < -0.3 is 84.7 Å². The topological polar surface area (TPSA) is 463 Å². The van der Waals surface area contributed by atoms with Gasteiger partial charge in [0.15, 0.2) is 5.90 Å². The fourth-order valence-corrected chi connectivity index (χ4v) is 15.2. The lowest BCUT2D eigenvalue weighted by Crippen LogP contribution is -2.29. The van der Waals surface area contributed by atoms with Crippen LogP contribution in [0.1, 0.15) is 80.1 Å². The number of fused-ring (bicyclic) bond motifs is 2. The van der Waals surface area contributed by atoms with E-state index in [9.17, 15) is 42.7 Å². The number of aromatic nitrogens is 2. The van der Waals surface area contributed by atoms with Crippen LogP contribution in [-0.4, -0.2) is 149 Å². The third-order valence-electron chi connectivity index (χ3n) is 12.8. The highest BCUT2D eigenvalue weighted by molar-refractivity contribution is 8.77. The minimum Gasteiger partial charge on any atom is -0.466 e. The molecule has 490 valence electrons. The van der Waals surface area contributed by atoms with Gasteiger partial charge in [-0.25, -0.2) is 18.5 Å². The van der Waals surface area contributed by atoms with Gasteiger partial charge in [-0.2, -0.15) is 4.98 Å². The summed E-state index contributed by atoms with van der Waals surface area (Å²) in [5, 5.41) is 17.9. The van der Waals surface area contributed by atoms with Gasteiger partial charge in [-0.1, -0.05) is 44.6 Å². The number of nitrogens with zero attached hydrogens (tertiary/aromatic N) is 5. The number of hydrogen-bond acceptors (Lipinski definition) is 24. The molecule has 31 nitrogen and oxygen atoms in total. The molecular weight excluding hydrogens is 1280 g/mol. The van der Waals surface area contributed by atoms with Gasteiger partial charge in [0, 0.05) is 88.4 Å². The number of esters is 1. The number of unbranched alkanes of at least 4 members (excludes halogenated alkanes) is 1. The van der Waals surface area contributed by atoms with Crippen LogP contribution < -0.4 is 33.1 Å². The Hall–Kier alpha value is -6.36. The number of carbonyl (C=O) groups excluding carboxylic acids is 3. The molecule has 0 radical (unpaired) electrons. The minimum absolute atomic E-state index is 0.0333. The molecule has 1 aromatic heterocycles. The van der Waals surface area contributed by atoms with Gasteiger partial charge in [0.05, 0.1) is 63.2 Å². The maximum Gasteiger partial charge on any atom is 0.479 e. The van der Waals surface area contributed by atoms with Crippen molar-refractivity contribution in [2.75, 3.05) is 96.0 Å². The van der Waals surface area contributed by atoms with Crippen LogP contribution in [0.15, 0.2) is 75.1 Å². The van der Waals surface area contributed by atoms with E-state index in [0.717, 1.165) is 32.2 Å². The summed E-state index contributed by atoms with van der Waals surface area (Å²) in [6.07, 6.45) is -0.904. The van der Waals surface area contributed by atoms with Crippen molar-refractivity contribution in [2.24, 2.45) is 5.11 Å². The van der Waals surface area contributed by atoms with E-state index < -0.39 is 72.5 Å². The number of carbonyl (C=O) groups is 3. The first-order chi connectivity index (χ1) is 42.7. The van der Waals surface area contributed by atoms with Crippen LogP contribution in [0.2, 0.25) is 0 Å². The molecule has 5 atom stereocenters. The van der Waals surface area contributed by atoms with Gasteiger partial charge in [0.1, 0.15) is 42.2 Å². The number of phosphoric ester groups is 1. The van der Waals surface area contributed by atoms with Crippen molar-refractivity contribution >= 4 is 85.0 Å².